The maximum Gasteiger partial charge on any atom is 0.129 e. The number of phenols is 1. The summed E-state index contributed by atoms with van der Waals surface area (Å²) in [5.41, 5.74) is 4.34. The average Bonchev–Trinajstić information content (AvgIpc) is 2.60. The predicted molar refractivity (Wildman–Crippen MR) is 111 cm³/mol. The first-order valence-electron chi connectivity index (χ1n) is 9.39. The molecule has 0 bridgehead atoms. The highest BCUT2D eigenvalue weighted by Gasteiger charge is 2.37. The van der Waals surface area contributed by atoms with Crippen LogP contribution >= 0.6 is 0 Å². The molecule has 2 aromatic carbocycles. The molecule has 0 saturated heterocycles. The molecule has 1 atom stereocenters. The highest BCUT2D eigenvalue weighted by atomic mass is 16.5. The number of fused-ring (bicyclic) bond motifs is 1. The van der Waals surface area contributed by atoms with Gasteiger partial charge in [0.05, 0.1) is 6.10 Å². The summed E-state index contributed by atoms with van der Waals surface area (Å²) in [5.74, 6) is 0.877. The van der Waals surface area contributed by atoms with Gasteiger partial charge < -0.3 is 14.9 Å². The maximum atomic E-state index is 10.7. The molecule has 1 aliphatic heterocycles. The van der Waals surface area contributed by atoms with Crippen molar-refractivity contribution in [1.82, 2.24) is 0 Å². The van der Waals surface area contributed by atoms with E-state index in [9.17, 15) is 10.2 Å². The molecule has 0 spiro atoms. The molecule has 0 fully saturated rings. The Bertz CT molecular complexity index is 872. The molecule has 1 aliphatic rings. The maximum absolute atomic E-state index is 10.7. The van der Waals surface area contributed by atoms with Gasteiger partial charge in [0.15, 0.2) is 0 Å². The number of ether oxygens (including phenoxy) is 1. The second-order valence-electron chi connectivity index (χ2n) is 7.92. The minimum Gasteiger partial charge on any atom is -0.507 e. The van der Waals surface area contributed by atoms with E-state index in [0.717, 1.165) is 22.3 Å². The molecule has 0 radical (unpaired) electrons. The Morgan fingerprint density at radius 3 is 2.56 bits per heavy atom. The van der Waals surface area contributed by atoms with Gasteiger partial charge in [-0.2, -0.15) is 0 Å². The SMILES string of the molecule is CC(C)=CCc1c(O)cc2c(c1/C=C/c1ccccc1)CC(O)C(C)(C)O2. The first-order valence-corrected chi connectivity index (χ1v) is 9.39. The zero-order chi connectivity index (χ0) is 19.6. The molecule has 3 nitrogen and oxygen atoms in total. The van der Waals surface area contributed by atoms with E-state index in [1.807, 2.05) is 70.2 Å². The average molecular weight is 364 g/mol. The van der Waals surface area contributed by atoms with E-state index >= 15 is 0 Å². The van der Waals surface area contributed by atoms with Crippen molar-refractivity contribution < 1.29 is 14.9 Å². The first kappa shape index (κ1) is 19.2. The summed E-state index contributed by atoms with van der Waals surface area (Å²) in [6.07, 6.45) is 6.69. The molecule has 0 amide bonds. The van der Waals surface area contributed by atoms with Crippen LogP contribution in [0.5, 0.6) is 11.5 Å². The van der Waals surface area contributed by atoms with Crippen molar-refractivity contribution in [3.8, 4) is 11.5 Å². The van der Waals surface area contributed by atoms with Crippen LogP contribution in [0.25, 0.3) is 12.2 Å². The molecule has 3 rings (SSSR count). The van der Waals surface area contributed by atoms with E-state index in [1.165, 1.54) is 5.57 Å². The van der Waals surface area contributed by atoms with Crippen LogP contribution in [0.3, 0.4) is 0 Å². The minimum atomic E-state index is -0.679. The Labute approximate surface area is 161 Å². The minimum absolute atomic E-state index is 0.228. The quantitative estimate of drug-likeness (QED) is 0.583. The van der Waals surface area contributed by atoms with Gasteiger partial charge in [0.2, 0.25) is 0 Å². The van der Waals surface area contributed by atoms with Crippen LogP contribution < -0.4 is 4.74 Å². The number of rotatable bonds is 4. The van der Waals surface area contributed by atoms with Crippen LogP contribution in [0, 0.1) is 0 Å². The molecule has 2 aromatic rings. The van der Waals surface area contributed by atoms with Crippen molar-refractivity contribution in [3.05, 3.63) is 70.3 Å². The van der Waals surface area contributed by atoms with Gasteiger partial charge in [-0.1, -0.05) is 54.1 Å². The van der Waals surface area contributed by atoms with Gasteiger partial charge in [0, 0.05) is 23.6 Å². The summed E-state index contributed by atoms with van der Waals surface area (Å²) >= 11 is 0. The second-order valence-corrected chi connectivity index (χ2v) is 7.92. The summed E-state index contributed by atoms with van der Waals surface area (Å²) in [6.45, 7) is 7.83. The molecule has 142 valence electrons. The van der Waals surface area contributed by atoms with Crippen LogP contribution in [0.4, 0.5) is 0 Å². The Morgan fingerprint density at radius 2 is 1.89 bits per heavy atom. The zero-order valence-electron chi connectivity index (χ0n) is 16.5. The van der Waals surface area contributed by atoms with Crippen LogP contribution in [0.1, 0.15) is 49.9 Å². The normalized spacial score (nSPS) is 18.0. The van der Waals surface area contributed by atoms with Crippen LogP contribution in [-0.2, 0) is 12.8 Å². The number of hydrogen-bond acceptors (Lipinski definition) is 3. The summed E-state index contributed by atoms with van der Waals surface area (Å²) in [4.78, 5) is 0. The van der Waals surface area contributed by atoms with E-state index in [2.05, 4.69) is 6.08 Å². The van der Waals surface area contributed by atoms with Crippen molar-refractivity contribution in [2.45, 2.75) is 52.2 Å². The van der Waals surface area contributed by atoms with E-state index in [-0.39, 0.29) is 5.75 Å². The third-order valence-electron chi connectivity index (χ3n) is 5.05. The van der Waals surface area contributed by atoms with Crippen molar-refractivity contribution in [2.24, 2.45) is 0 Å². The summed E-state index contributed by atoms with van der Waals surface area (Å²) in [5, 5.41) is 21.2. The van der Waals surface area contributed by atoms with E-state index in [1.54, 1.807) is 6.07 Å². The van der Waals surface area contributed by atoms with Crippen molar-refractivity contribution in [3.63, 3.8) is 0 Å². The molecular formula is C24H28O3. The Hall–Kier alpha value is -2.52. The number of aromatic hydroxyl groups is 1. The van der Waals surface area contributed by atoms with Gasteiger partial charge in [-0.3, -0.25) is 0 Å². The lowest BCUT2D eigenvalue weighted by atomic mass is 9.85. The van der Waals surface area contributed by atoms with Gasteiger partial charge in [0.25, 0.3) is 0 Å². The Kier molecular flexibility index (Phi) is 5.43. The topological polar surface area (TPSA) is 49.7 Å². The third kappa shape index (κ3) is 4.25. The molecule has 2 N–H and O–H groups in total. The summed E-state index contributed by atoms with van der Waals surface area (Å²) in [7, 11) is 0. The van der Waals surface area contributed by atoms with Gasteiger partial charge in [-0.15, -0.1) is 0 Å². The predicted octanol–water partition coefficient (Wildman–Crippen LogP) is 5.15. The first-order chi connectivity index (χ1) is 12.8. The number of phenolic OH excluding ortho intramolecular Hbond substituents is 1. The molecule has 1 unspecified atom stereocenters. The van der Waals surface area contributed by atoms with Crippen LogP contribution in [0.2, 0.25) is 0 Å². The molecule has 3 heteroatoms. The highest BCUT2D eigenvalue weighted by Crippen LogP contribution is 2.41. The third-order valence-corrected chi connectivity index (χ3v) is 5.05. The second kappa shape index (κ2) is 7.61. The van der Waals surface area contributed by atoms with Crippen molar-refractivity contribution in [2.75, 3.05) is 0 Å². The number of allylic oxidation sites excluding steroid dienone is 2. The van der Waals surface area contributed by atoms with Crippen LogP contribution in [0.15, 0.2) is 48.0 Å². The van der Waals surface area contributed by atoms with Crippen LogP contribution in [-0.4, -0.2) is 21.9 Å². The highest BCUT2D eigenvalue weighted by molar-refractivity contribution is 5.76. The largest absolute Gasteiger partial charge is 0.507 e. The van der Waals surface area contributed by atoms with E-state index in [0.29, 0.717) is 18.6 Å². The molecule has 0 aromatic heterocycles. The van der Waals surface area contributed by atoms with Crippen molar-refractivity contribution in [1.29, 1.82) is 0 Å². The van der Waals surface area contributed by atoms with E-state index in [4.69, 9.17) is 4.74 Å². The van der Waals surface area contributed by atoms with Gasteiger partial charge >= 0.3 is 0 Å². The van der Waals surface area contributed by atoms with Crippen molar-refractivity contribution >= 4 is 12.2 Å². The zero-order valence-corrected chi connectivity index (χ0v) is 16.5. The lowest BCUT2D eigenvalue weighted by molar-refractivity contribution is -0.0413. The fourth-order valence-electron chi connectivity index (χ4n) is 3.31. The molecule has 1 heterocycles. The number of hydrogen-bond donors (Lipinski definition) is 2. The fourth-order valence-corrected chi connectivity index (χ4v) is 3.31. The molecule has 0 saturated carbocycles. The van der Waals surface area contributed by atoms with Gasteiger partial charge in [-0.25, -0.2) is 0 Å². The standard InChI is InChI=1S/C24H28O3/c1-16(2)10-12-19-18(13-11-17-8-6-5-7-9-17)20-14-23(26)24(3,4)27-22(20)15-21(19)25/h5-11,13,15,23,25-26H,12,14H2,1-4H3/b13-11+. The smallest absolute Gasteiger partial charge is 0.129 e. The van der Waals surface area contributed by atoms with Gasteiger partial charge in [-0.05, 0) is 45.2 Å². The Balaban J connectivity index is 2.13. The van der Waals surface area contributed by atoms with E-state index < -0.39 is 11.7 Å². The summed E-state index contributed by atoms with van der Waals surface area (Å²) < 4.78 is 6.03. The lowest BCUT2D eigenvalue weighted by Gasteiger charge is -2.38. The number of aliphatic hydroxyl groups excluding tert-OH is 1. The molecule has 0 aliphatic carbocycles. The number of aliphatic hydroxyl groups is 1. The lowest BCUT2D eigenvalue weighted by Crippen LogP contribution is -2.46. The molecular weight excluding hydrogens is 336 g/mol. The monoisotopic (exact) mass is 364 g/mol. The van der Waals surface area contributed by atoms with Gasteiger partial charge in [0.1, 0.15) is 17.1 Å². The molecule has 27 heavy (non-hydrogen) atoms. The fraction of sp³-hybridized carbons (Fsp3) is 0.333. The summed E-state index contributed by atoms with van der Waals surface area (Å²) in [6, 6.07) is 11.7. The Morgan fingerprint density at radius 1 is 1.19 bits per heavy atom. The number of benzene rings is 2.